The first kappa shape index (κ1) is 12.9. The Bertz CT molecular complexity index is 380. The number of benzene rings is 1. The van der Waals surface area contributed by atoms with Crippen LogP contribution in [0.5, 0.6) is 0 Å². The summed E-state index contributed by atoms with van der Waals surface area (Å²) in [7, 11) is 2.17. The molecule has 0 heterocycles. The third-order valence-corrected chi connectivity index (χ3v) is 4.23. The average Bonchev–Trinajstić information content (AvgIpc) is 2.73. The van der Waals surface area contributed by atoms with Crippen LogP contribution in [-0.4, -0.2) is 24.0 Å². The van der Waals surface area contributed by atoms with E-state index in [2.05, 4.69) is 24.9 Å². The highest BCUT2D eigenvalue weighted by atomic mass is 35.5. The second-order valence-electron chi connectivity index (χ2n) is 5.06. The number of hydrogen-bond acceptors (Lipinski definition) is 2. The second-order valence-corrected chi connectivity index (χ2v) is 5.49. The van der Waals surface area contributed by atoms with Gasteiger partial charge < -0.3 is 5.73 Å². The van der Waals surface area contributed by atoms with Crippen LogP contribution in [0.3, 0.4) is 0 Å². The van der Waals surface area contributed by atoms with Gasteiger partial charge in [-0.3, -0.25) is 4.90 Å². The minimum Gasteiger partial charge on any atom is -0.326 e. The first-order chi connectivity index (χ1) is 8.09. The molecule has 1 aromatic carbocycles. The van der Waals surface area contributed by atoms with E-state index in [-0.39, 0.29) is 0 Å². The van der Waals surface area contributed by atoms with Crippen LogP contribution in [-0.2, 0) is 0 Å². The van der Waals surface area contributed by atoms with Crippen LogP contribution in [0.4, 0.5) is 0 Å². The number of hydrogen-bond donors (Lipinski definition) is 1. The van der Waals surface area contributed by atoms with Gasteiger partial charge in [-0.1, -0.05) is 30.2 Å². The van der Waals surface area contributed by atoms with Crippen LogP contribution in [0.25, 0.3) is 0 Å². The number of likely N-dealkylation sites (N-methyl/N-ethyl adjacent to an activating group) is 1. The standard InChI is InChI=1S/C14H21ClN2/c1-10(11-5-3-6-12(15)9-11)17(2)14-8-4-7-13(14)16/h3,5-6,9-10,13-14H,4,7-8,16H2,1-2H3. The van der Waals surface area contributed by atoms with Crippen molar-refractivity contribution < 1.29 is 0 Å². The summed E-state index contributed by atoms with van der Waals surface area (Å²) in [5.41, 5.74) is 7.42. The van der Waals surface area contributed by atoms with Crippen molar-refractivity contribution in [3.8, 4) is 0 Å². The number of nitrogens with two attached hydrogens (primary N) is 1. The van der Waals surface area contributed by atoms with Crippen molar-refractivity contribution in [3.63, 3.8) is 0 Å². The monoisotopic (exact) mass is 252 g/mol. The maximum absolute atomic E-state index is 6.16. The summed E-state index contributed by atoms with van der Waals surface area (Å²) in [5, 5.41) is 0.804. The summed E-state index contributed by atoms with van der Waals surface area (Å²) in [6.45, 7) is 2.22. The lowest BCUT2D eigenvalue weighted by Gasteiger charge is -2.33. The molecule has 3 heteroatoms. The van der Waals surface area contributed by atoms with E-state index in [0.29, 0.717) is 18.1 Å². The molecule has 0 amide bonds. The zero-order valence-corrected chi connectivity index (χ0v) is 11.3. The molecule has 3 unspecified atom stereocenters. The summed E-state index contributed by atoms with van der Waals surface area (Å²) in [6.07, 6.45) is 3.61. The van der Waals surface area contributed by atoms with Crippen molar-refractivity contribution in [2.24, 2.45) is 5.73 Å². The molecule has 0 aliphatic heterocycles. The zero-order valence-electron chi connectivity index (χ0n) is 10.6. The van der Waals surface area contributed by atoms with E-state index in [1.54, 1.807) is 0 Å². The Morgan fingerprint density at radius 3 is 2.76 bits per heavy atom. The predicted molar refractivity (Wildman–Crippen MR) is 73.2 cm³/mol. The van der Waals surface area contributed by atoms with Crippen LogP contribution >= 0.6 is 11.6 Å². The third-order valence-electron chi connectivity index (χ3n) is 4.00. The highest BCUT2D eigenvalue weighted by Gasteiger charge is 2.30. The molecular weight excluding hydrogens is 232 g/mol. The van der Waals surface area contributed by atoms with Gasteiger partial charge in [-0.15, -0.1) is 0 Å². The predicted octanol–water partition coefficient (Wildman–Crippen LogP) is 3.21. The molecular formula is C14H21ClN2. The van der Waals surface area contributed by atoms with Gasteiger partial charge in [0.1, 0.15) is 0 Å². The largest absolute Gasteiger partial charge is 0.326 e. The molecule has 1 saturated carbocycles. The molecule has 0 saturated heterocycles. The van der Waals surface area contributed by atoms with Gasteiger partial charge in [0.2, 0.25) is 0 Å². The van der Waals surface area contributed by atoms with E-state index < -0.39 is 0 Å². The fourth-order valence-corrected chi connectivity index (χ4v) is 2.96. The summed E-state index contributed by atoms with van der Waals surface area (Å²) in [5.74, 6) is 0. The van der Waals surface area contributed by atoms with E-state index in [0.717, 1.165) is 11.4 Å². The SMILES string of the molecule is CC(c1cccc(Cl)c1)N(C)C1CCCC1N. The van der Waals surface area contributed by atoms with Crippen molar-refractivity contribution in [2.45, 2.75) is 44.3 Å². The lowest BCUT2D eigenvalue weighted by molar-refractivity contribution is 0.174. The first-order valence-corrected chi connectivity index (χ1v) is 6.70. The molecule has 1 aromatic rings. The highest BCUT2D eigenvalue weighted by molar-refractivity contribution is 6.30. The van der Waals surface area contributed by atoms with Crippen LogP contribution in [0.1, 0.15) is 37.8 Å². The molecule has 2 nitrogen and oxygen atoms in total. The molecule has 94 valence electrons. The van der Waals surface area contributed by atoms with Gasteiger partial charge >= 0.3 is 0 Å². The summed E-state index contributed by atoms with van der Waals surface area (Å²) in [6, 6.07) is 9.29. The van der Waals surface area contributed by atoms with Crippen LogP contribution < -0.4 is 5.73 Å². The van der Waals surface area contributed by atoms with Crippen molar-refractivity contribution in [1.82, 2.24) is 4.90 Å². The Kier molecular flexibility index (Phi) is 4.08. The third kappa shape index (κ3) is 2.82. The van der Waals surface area contributed by atoms with Gasteiger partial charge in [0.25, 0.3) is 0 Å². The lowest BCUT2D eigenvalue weighted by atomic mass is 10.0. The Hall–Kier alpha value is -0.570. The molecule has 2 N–H and O–H groups in total. The van der Waals surface area contributed by atoms with Crippen LogP contribution in [0.2, 0.25) is 5.02 Å². The quantitative estimate of drug-likeness (QED) is 0.895. The molecule has 1 aliphatic carbocycles. The Labute approximate surface area is 109 Å². The Morgan fingerprint density at radius 2 is 2.18 bits per heavy atom. The fourth-order valence-electron chi connectivity index (χ4n) is 2.76. The van der Waals surface area contributed by atoms with Gasteiger partial charge in [-0.2, -0.15) is 0 Å². The maximum Gasteiger partial charge on any atom is 0.0409 e. The molecule has 0 aromatic heterocycles. The Morgan fingerprint density at radius 1 is 1.41 bits per heavy atom. The molecule has 1 aliphatic rings. The van der Waals surface area contributed by atoms with Gasteiger partial charge in [0.05, 0.1) is 0 Å². The molecule has 2 rings (SSSR count). The summed E-state index contributed by atoms with van der Waals surface area (Å²) in [4.78, 5) is 2.39. The van der Waals surface area contributed by atoms with E-state index in [1.165, 1.54) is 18.4 Å². The smallest absolute Gasteiger partial charge is 0.0409 e. The molecule has 3 atom stereocenters. The molecule has 0 radical (unpaired) electrons. The molecule has 1 fully saturated rings. The topological polar surface area (TPSA) is 29.3 Å². The Balaban J connectivity index is 2.11. The van der Waals surface area contributed by atoms with E-state index in [9.17, 15) is 0 Å². The molecule has 0 spiro atoms. The fraction of sp³-hybridized carbons (Fsp3) is 0.571. The normalized spacial score (nSPS) is 26.4. The highest BCUT2D eigenvalue weighted by Crippen LogP contribution is 2.29. The van der Waals surface area contributed by atoms with E-state index >= 15 is 0 Å². The minimum absolute atomic E-state index is 0.321. The average molecular weight is 253 g/mol. The summed E-state index contributed by atoms with van der Waals surface area (Å²) < 4.78 is 0. The van der Waals surface area contributed by atoms with E-state index in [4.69, 9.17) is 17.3 Å². The number of rotatable bonds is 3. The second kappa shape index (κ2) is 5.38. The summed E-state index contributed by atoms with van der Waals surface area (Å²) >= 11 is 6.04. The van der Waals surface area contributed by atoms with Gasteiger partial charge in [-0.05, 0) is 44.5 Å². The minimum atomic E-state index is 0.321. The van der Waals surface area contributed by atoms with Gasteiger partial charge in [0, 0.05) is 23.1 Å². The van der Waals surface area contributed by atoms with Crippen molar-refractivity contribution in [2.75, 3.05) is 7.05 Å². The van der Waals surface area contributed by atoms with Crippen molar-refractivity contribution in [3.05, 3.63) is 34.9 Å². The number of nitrogens with zero attached hydrogens (tertiary/aromatic N) is 1. The molecule has 17 heavy (non-hydrogen) atoms. The zero-order chi connectivity index (χ0) is 12.4. The van der Waals surface area contributed by atoms with Gasteiger partial charge in [0.15, 0.2) is 0 Å². The van der Waals surface area contributed by atoms with Crippen molar-refractivity contribution >= 4 is 11.6 Å². The van der Waals surface area contributed by atoms with E-state index in [1.807, 2.05) is 18.2 Å². The number of halogens is 1. The van der Waals surface area contributed by atoms with Crippen molar-refractivity contribution in [1.29, 1.82) is 0 Å². The first-order valence-electron chi connectivity index (χ1n) is 6.32. The molecule has 0 bridgehead atoms. The lowest BCUT2D eigenvalue weighted by Crippen LogP contribution is -2.43. The van der Waals surface area contributed by atoms with Crippen LogP contribution in [0.15, 0.2) is 24.3 Å². The van der Waals surface area contributed by atoms with Crippen LogP contribution in [0, 0.1) is 0 Å². The maximum atomic E-state index is 6.16. The van der Waals surface area contributed by atoms with Gasteiger partial charge in [-0.25, -0.2) is 0 Å².